The van der Waals surface area contributed by atoms with Crippen LogP contribution in [0.4, 0.5) is 4.79 Å². The van der Waals surface area contributed by atoms with Gasteiger partial charge in [0.25, 0.3) is 0 Å². The van der Waals surface area contributed by atoms with Gasteiger partial charge in [-0.3, -0.25) is 4.90 Å². The van der Waals surface area contributed by atoms with Crippen LogP contribution in [0.3, 0.4) is 0 Å². The Bertz CT molecular complexity index is 298. The van der Waals surface area contributed by atoms with Crippen molar-refractivity contribution in [3.63, 3.8) is 0 Å². The molecule has 1 fully saturated rings. The summed E-state index contributed by atoms with van der Waals surface area (Å²) in [7, 11) is 0. The molecule has 15 heavy (non-hydrogen) atoms. The quantitative estimate of drug-likeness (QED) is 0.573. The number of nitrogens with zero attached hydrogens (tertiary/aromatic N) is 1. The lowest BCUT2D eigenvalue weighted by Gasteiger charge is -2.32. The smallest absolute Gasteiger partial charge is 0.411 e. The fourth-order valence-electron chi connectivity index (χ4n) is 1.72. The van der Waals surface area contributed by atoms with Crippen LogP contribution in [-0.2, 0) is 4.74 Å². The standard InChI is InChI=1S/C12H19NO2/c1-6-12(5)8-7-9-13(12)10(14)15-11(2,3)4/h1H,7-9H2,2-5H3/t12-/m0/s1. The Morgan fingerprint density at radius 3 is 2.60 bits per heavy atom. The Balaban J connectivity index is 2.73. The van der Waals surface area contributed by atoms with E-state index in [0.29, 0.717) is 6.54 Å². The van der Waals surface area contributed by atoms with Crippen LogP contribution in [0.15, 0.2) is 0 Å². The number of hydrogen-bond acceptors (Lipinski definition) is 2. The van der Waals surface area contributed by atoms with Crippen molar-refractivity contribution in [2.45, 2.75) is 51.7 Å². The highest BCUT2D eigenvalue weighted by molar-refractivity contribution is 5.70. The molecule has 1 amide bonds. The van der Waals surface area contributed by atoms with Crippen molar-refractivity contribution in [3.05, 3.63) is 0 Å². The Hall–Kier alpha value is -1.17. The molecule has 3 heteroatoms. The van der Waals surface area contributed by atoms with Crippen molar-refractivity contribution in [1.82, 2.24) is 4.90 Å². The van der Waals surface area contributed by atoms with Gasteiger partial charge in [-0.2, -0.15) is 0 Å². The number of carbonyl (C=O) groups is 1. The van der Waals surface area contributed by atoms with Crippen LogP contribution < -0.4 is 0 Å². The van der Waals surface area contributed by atoms with E-state index in [0.717, 1.165) is 12.8 Å². The molecule has 0 radical (unpaired) electrons. The normalized spacial score (nSPS) is 26.2. The summed E-state index contributed by atoms with van der Waals surface area (Å²) in [6, 6.07) is 0. The molecule has 0 aromatic rings. The lowest BCUT2D eigenvalue weighted by atomic mass is 10.0. The molecule has 1 aliphatic rings. The van der Waals surface area contributed by atoms with E-state index in [2.05, 4.69) is 5.92 Å². The zero-order chi connectivity index (χ0) is 11.7. The molecule has 1 atom stereocenters. The highest BCUT2D eigenvalue weighted by Gasteiger charge is 2.40. The van der Waals surface area contributed by atoms with Crippen molar-refractivity contribution in [2.75, 3.05) is 6.54 Å². The summed E-state index contributed by atoms with van der Waals surface area (Å²) in [5, 5.41) is 0. The molecule has 84 valence electrons. The second-order valence-electron chi connectivity index (χ2n) is 5.15. The van der Waals surface area contributed by atoms with Gasteiger partial charge in [-0.05, 0) is 40.5 Å². The predicted molar refractivity (Wildman–Crippen MR) is 59.4 cm³/mol. The maximum absolute atomic E-state index is 11.8. The molecule has 0 aromatic carbocycles. The summed E-state index contributed by atoms with van der Waals surface area (Å²) in [5.74, 6) is 2.68. The van der Waals surface area contributed by atoms with Crippen molar-refractivity contribution >= 4 is 6.09 Å². The third-order valence-electron chi connectivity index (χ3n) is 2.57. The van der Waals surface area contributed by atoms with E-state index in [4.69, 9.17) is 11.2 Å². The van der Waals surface area contributed by atoms with E-state index >= 15 is 0 Å². The van der Waals surface area contributed by atoms with Crippen molar-refractivity contribution in [1.29, 1.82) is 0 Å². The number of terminal acetylenes is 1. The Kier molecular flexibility index (Phi) is 2.99. The first-order chi connectivity index (χ1) is 6.78. The summed E-state index contributed by atoms with van der Waals surface area (Å²) < 4.78 is 5.31. The van der Waals surface area contributed by atoms with Crippen LogP contribution >= 0.6 is 0 Å². The molecule has 0 bridgehead atoms. The average Bonchev–Trinajstić information content (AvgIpc) is 2.45. The molecule has 1 heterocycles. The summed E-state index contributed by atoms with van der Waals surface area (Å²) >= 11 is 0. The van der Waals surface area contributed by atoms with Crippen LogP contribution in [0.2, 0.25) is 0 Å². The summed E-state index contributed by atoms with van der Waals surface area (Å²) in [5.41, 5.74) is -0.933. The lowest BCUT2D eigenvalue weighted by molar-refractivity contribution is 0.0179. The molecule has 3 nitrogen and oxygen atoms in total. The van der Waals surface area contributed by atoms with Crippen LogP contribution in [0.1, 0.15) is 40.5 Å². The molecular formula is C12H19NO2. The van der Waals surface area contributed by atoms with Gasteiger partial charge in [-0.25, -0.2) is 4.79 Å². The summed E-state index contributed by atoms with van der Waals surface area (Å²) in [6.07, 6.45) is 6.95. The van der Waals surface area contributed by atoms with Gasteiger partial charge in [-0.1, -0.05) is 5.92 Å². The van der Waals surface area contributed by atoms with E-state index in [9.17, 15) is 4.79 Å². The number of rotatable bonds is 0. The van der Waals surface area contributed by atoms with Crippen molar-refractivity contribution in [2.24, 2.45) is 0 Å². The molecule has 0 saturated carbocycles. The first kappa shape index (κ1) is 11.9. The fourth-order valence-corrected chi connectivity index (χ4v) is 1.72. The van der Waals surface area contributed by atoms with Gasteiger partial charge in [0.05, 0.1) is 0 Å². The van der Waals surface area contributed by atoms with Crippen molar-refractivity contribution in [3.8, 4) is 12.3 Å². The Morgan fingerprint density at radius 2 is 2.13 bits per heavy atom. The molecule has 0 spiro atoms. The van der Waals surface area contributed by atoms with E-state index < -0.39 is 11.1 Å². The number of carbonyl (C=O) groups excluding carboxylic acids is 1. The first-order valence-electron chi connectivity index (χ1n) is 5.27. The molecule has 1 saturated heterocycles. The molecule has 1 rings (SSSR count). The third kappa shape index (κ3) is 2.65. The van der Waals surface area contributed by atoms with Crippen molar-refractivity contribution < 1.29 is 9.53 Å². The van der Waals surface area contributed by atoms with Crippen LogP contribution in [0.25, 0.3) is 0 Å². The van der Waals surface area contributed by atoms with Gasteiger partial charge in [-0.15, -0.1) is 6.42 Å². The van der Waals surface area contributed by atoms with Crippen LogP contribution in [0, 0.1) is 12.3 Å². The highest BCUT2D eigenvalue weighted by atomic mass is 16.6. The maximum Gasteiger partial charge on any atom is 0.411 e. The lowest BCUT2D eigenvalue weighted by Crippen LogP contribution is -2.46. The zero-order valence-corrected chi connectivity index (χ0v) is 9.96. The van der Waals surface area contributed by atoms with Gasteiger partial charge < -0.3 is 4.74 Å². The zero-order valence-electron chi connectivity index (χ0n) is 9.96. The van der Waals surface area contributed by atoms with E-state index in [1.54, 1.807) is 4.90 Å². The van der Waals surface area contributed by atoms with E-state index in [1.165, 1.54) is 0 Å². The fraction of sp³-hybridized carbons (Fsp3) is 0.750. The molecule has 1 aliphatic heterocycles. The summed E-state index contributed by atoms with van der Waals surface area (Å²) in [4.78, 5) is 13.5. The number of amides is 1. The molecule has 0 N–H and O–H groups in total. The number of ether oxygens (including phenoxy) is 1. The molecule has 0 aromatic heterocycles. The van der Waals surface area contributed by atoms with Gasteiger partial charge in [0.1, 0.15) is 11.1 Å². The predicted octanol–water partition coefficient (Wildman–Crippen LogP) is 2.41. The maximum atomic E-state index is 11.8. The minimum absolute atomic E-state index is 0.305. The minimum Gasteiger partial charge on any atom is -0.444 e. The van der Waals surface area contributed by atoms with E-state index in [1.807, 2.05) is 27.7 Å². The Labute approximate surface area is 91.8 Å². The van der Waals surface area contributed by atoms with Gasteiger partial charge in [0, 0.05) is 6.54 Å². The molecular weight excluding hydrogens is 190 g/mol. The van der Waals surface area contributed by atoms with E-state index in [-0.39, 0.29) is 6.09 Å². The SMILES string of the molecule is C#C[C@@]1(C)CCCN1C(=O)OC(C)(C)C. The first-order valence-corrected chi connectivity index (χ1v) is 5.27. The third-order valence-corrected chi connectivity index (χ3v) is 2.57. The van der Waals surface area contributed by atoms with Gasteiger partial charge in [0.15, 0.2) is 0 Å². The Morgan fingerprint density at radius 1 is 1.53 bits per heavy atom. The topological polar surface area (TPSA) is 29.5 Å². The van der Waals surface area contributed by atoms with Gasteiger partial charge in [0.2, 0.25) is 0 Å². The van der Waals surface area contributed by atoms with Gasteiger partial charge >= 0.3 is 6.09 Å². The molecule has 0 unspecified atom stereocenters. The van der Waals surface area contributed by atoms with Crippen LogP contribution in [0.5, 0.6) is 0 Å². The average molecular weight is 209 g/mol. The largest absolute Gasteiger partial charge is 0.444 e. The monoisotopic (exact) mass is 209 g/mol. The second-order valence-corrected chi connectivity index (χ2v) is 5.15. The minimum atomic E-state index is -0.470. The second kappa shape index (κ2) is 3.77. The summed E-state index contributed by atoms with van der Waals surface area (Å²) in [6.45, 7) is 8.16. The highest BCUT2D eigenvalue weighted by Crippen LogP contribution is 2.29. The van der Waals surface area contributed by atoms with Crippen LogP contribution in [-0.4, -0.2) is 28.7 Å². The number of hydrogen-bond donors (Lipinski definition) is 0. The number of likely N-dealkylation sites (tertiary alicyclic amines) is 1. The molecule has 0 aliphatic carbocycles.